The zero-order valence-corrected chi connectivity index (χ0v) is 14.3. The fourth-order valence-electron chi connectivity index (χ4n) is 2.34. The number of amides is 1. The van der Waals surface area contributed by atoms with Gasteiger partial charge in [-0.1, -0.05) is 11.6 Å². The molecule has 128 valence electrons. The van der Waals surface area contributed by atoms with E-state index in [1.54, 1.807) is 24.4 Å². The molecular weight excluding hydrogens is 340 g/mol. The van der Waals surface area contributed by atoms with Crippen LogP contribution in [0.4, 0.5) is 5.69 Å². The van der Waals surface area contributed by atoms with Crippen LogP contribution in [0.1, 0.15) is 5.56 Å². The quantitative estimate of drug-likeness (QED) is 0.610. The number of nitrogens with zero attached hydrogens (tertiary/aromatic N) is 3. The van der Waals surface area contributed by atoms with Crippen LogP contribution in [-0.4, -0.2) is 40.2 Å². The van der Waals surface area contributed by atoms with Crippen molar-refractivity contribution < 1.29 is 4.79 Å². The van der Waals surface area contributed by atoms with Crippen LogP contribution in [0.5, 0.6) is 0 Å². The summed E-state index contributed by atoms with van der Waals surface area (Å²) in [5.41, 5.74) is 9.07. The highest BCUT2D eigenvalue weighted by atomic mass is 35.5. The Kier molecular flexibility index (Phi) is 5.06. The molecule has 0 saturated heterocycles. The number of H-pyrrole nitrogens is 1. The fourth-order valence-corrected chi connectivity index (χ4v) is 2.55. The van der Waals surface area contributed by atoms with E-state index < -0.39 is 0 Å². The first kappa shape index (κ1) is 17.1. The van der Waals surface area contributed by atoms with E-state index in [0.29, 0.717) is 34.3 Å². The van der Waals surface area contributed by atoms with Gasteiger partial charge in [-0.15, -0.1) is 0 Å². The van der Waals surface area contributed by atoms with Crippen LogP contribution < -0.4 is 11.1 Å². The van der Waals surface area contributed by atoms with Crippen LogP contribution in [0, 0.1) is 6.92 Å². The van der Waals surface area contributed by atoms with Crippen molar-refractivity contribution in [2.45, 2.75) is 6.92 Å². The molecule has 8 heteroatoms. The number of aromatic amines is 1. The maximum absolute atomic E-state index is 11.9. The number of rotatable bonds is 5. The van der Waals surface area contributed by atoms with E-state index in [0.717, 1.165) is 11.1 Å². The lowest BCUT2D eigenvalue weighted by atomic mass is 10.2. The molecular formula is C17H17ClN6O. The minimum absolute atomic E-state index is 0.0169. The topological polar surface area (TPSA) is 109 Å². The molecule has 0 aliphatic heterocycles. The first-order valence-electron chi connectivity index (χ1n) is 7.67. The molecule has 4 N–H and O–H groups in total. The lowest BCUT2D eigenvalue weighted by Gasteiger charge is -2.07. The predicted molar refractivity (Wildman–Crippen MR) is 100 cm³/mol. The van der Waals surface area contributed by atoms with Gasteiger partial charge >= 0.3 is 0 Å². The number of carbonyl (C=O) groups is 1. The summed E-state index contributed by atoms with van der Waals surface area (Å²) in [6, 6.07) is 7.16. The van der Waals surface area contributed by atoms with E-state index in [4.69, 9.17) is 17.3 Å². The second-order valence-electron chi connectivity index (χ2n) is 5.47. The Labute approximate surface area is 149 Å². The van der Waals surface area contributed by atoms with Gasteiger partial charge in [0, 0.05) is 30.2 Å². The van der Waals surface area contributed by atoms with Crippen LogP contribution >= 0.6 is 11.6 Å². The van der Waals surface area contributed by atoms with E-state index in [9.17, 15) is 4.79 Å². The second kappa shape index (κ2) is 7.42. The number of hydrogen-bond donors (Lipinski definition) is 3. The van der Waals surface area contributed by atoms with Crippen molar-refractivity contribution in [3.8, 4) is 11.4 Å². The van der Waals surface area contributed by atoms with Crippen LogP contribution in [-0.2, 0) is 4.79 Å². The van der Waals surface area contributed by atoms with Gasteiger partial charge in [-0.3, -0.25) is 9.79 Å². The average molecular weight is 357 g/mol. The first-order valence-corrected chi connectivity index (χ1v) is 8.05. The van der Waals surface area contributed by atoms with Crippen molar-refractivity contribution in [2.24, 2.45) is 10.7 Å². The molecule has 3 aromatic rings. The fraction of sp³-hybridized carbons (Fsp3) is 0.176. The van der Waals surface area contributed by atoms with Crippen LogP contribution in [0.15, 0.2) is 35.5 Å². The number of benzene rings is 1. The van der Waals surface area contributed by atoms with Gasteiger partial charge in [-0.05, 0) is 36.8 Å². The molecule has 2 aromatic heterocycles. The Hall–Kier alpha value is -2.77. The number of hydrogen-bond acceptors (Lipinski definition) is 5. The van der Waals surface area contributed by atoms with E-state index in [-0.39, 0.29) is 12.5 Å². The molecule has 0 atom stereocenters. The normalized spacial score (nSPS) is 11.3. The van der Waals surface area contributed by atoms with Gasteiger partial charge in [0.05, 0.1) is 10.5 Å². The highest BCUT2D eigenvalue weighted by Gasteiger charge is 2.12. The van der Waals surface area contributed by atoms with Gasteiger partial charge in [0.1, 0.15) is 12.4 Å². The van der Waals surface area contributed by atoms with Crippen molar-refractivity contribution in [1.29, 1.82) is 0 Å². The first-order chi connectivity index (χ1) is 12.1. The number of fused-ring (bicyclic) bond motifs is 1. The standard InChI is InChI=1S/C17H17ClN6O/c1-10-6-14-17(21-8-10)24-16(23-14)12-7-11(2-3-13(12)18)22-15(25)9-20-5-4-19/h2-3,5-8H,4,9,19H2,1H3,(H,22,25)(H,21,23,24). The summed E-state index contributed by atoms with van der Waals surface area (Å²) in [5, 5.41) is 3.29. The number of nitrogens with one attached hydrogen (secondary N) is 2. The molecule has 0 bridgehead atoms. The van der Waals surface area contributed by atoms with Crippen LogP contribution in [0.3, 0.4) is 0 Å². The summed E-state index contributed by atoms with van der Waals surface area (Å²) in [6.45, 7) is 2.28. The zero-order valence-electron chi connectivity index (χ0n) is 13.6. The molecule has 0 radical (unpaired) electrons. The Bertz CT molecular complexity index is 949. The maximum atomic E-state index is 11.9. The third-order valence-electron chi connectivity index (χ3n) is 3.45. The van der Waals surface area contributed by atoms with E-state index in [2.05, 4.69) is 25.3 Å². The summed E-state index contributed by atoms with van der Waals surface area (Å²) >= 11 is 6.30. The number of halogens is 1. The van der Waals surface area contributed by atoms with Crippen molar-refractivity contribution in [3.63, 3.8) is 0 Å². The number of aromatic nitrogens is 3. The summed E-state index contributed by atoms with van der Waals surface area (Å²) < 4.78 is 0. The Morgan fingerprint density at radius 1 is 1.44 bits per heavy atom. The SMILES string of the molecule is Cc1cnc2nc(-c3cc(NC(=O)CN=CCN)ccc3Cl)[nH]c2c1. The van der Waals surface area contributed by atoms with Crippen LogP contribution in [0.2, 0.25) is 5.02 Å². The number of nitrogens with two attached hydrogens (primary N) is 1. The van der Waals surface area contributed by atoms with E-state index >= 15 is 0 Å². The lowest BCUT2D eigenvalue weighted by molar-refractivity contribution is -0.114. The van der Waals surface area contributed by atoms with Gasteiger partial charge < -0.3 is 16.0 Å². The van der Waals surface area contributed by atoms with Gasteiger partial charge in [-0.2, -0.15) is 0 Å². The number of aliphatic imine (C=N–C) groups is 1. The van der Waals surface area contributed by atoms with Gasteiger partial charge in [-0.25, -0.2) is 9.97 Å². The summed E-state index contributed by atoms with van der Waals surface area (Å²) in [7, 11) is 0. The third-order valence-corrected chi connectivity index (χ3v) is 3.78. The molecule has 7 nitrogen and oxygen atoms in total. The maximum Gasteiger partial charge on any atom is 0.246 e. The Morgan fingerprint density at radius 3 is 3.08 bits per heavy atom. The summed E-state index contributed by atoms with van der Waals surface area (Å²) in [5.74, 6) is 0.357. The van der Waals surface area contributed by atoms with E-state index in [1.807, 2.05) is 13.0 Å². The molecule has 0 saturated carbocycles. The highest BCUT2D eigenvalue weighted by Crippen LogP contribution is 2.30. The number of imidazole rings is 1. The largest absolute Gasteiger partial charge is 0.337 e. The minimum Gasteiger partial charge on any atom is -0.337 e. The Balaban J connectivity index is 1.88. The molecule has 2 heterocycles. The number of pyridine rings is 1. The van der Waals surface area contributed by atoms with Gasteiger partial charge in [0.15, 0.2) is 5.65 Å². The summed E-state index contributed by atoms with van der Waals surface area (Å²) in [4.78, 5) is 27.7. The van der Waals surface area contributed by atoms with Crippen LogP contribution in [0.25, 0.3) is 22.6 Å². The van der Waals surface area contributed by atoms with E-state index in [1.165, 1.54) is 6.21 Å². The molecule has 1 aromatic carbocycles. The predicted octanol–water partition coefficient (Wildman–Crippen LogP) is 2.55. The van der Waals surface area contributed by atoms with Gasteiger partial charge in [0.2, 0.25) is 5.91 Å². The second-order valence-corrected chi connectivity index (χ2v) is 5.88. The average Bonchev–Trinajstić information content (AvgIpc) is 2.99. The van der Waals surface area contributed by atoms with Gasteiger partial charge in [0.25, 0.3) is 0 Å². The number of anilines is 1. The lowest BCUT2D eigenvalue weighted by Crippen LogP contribution is -2.15. The molecule has 25 heavy (non-hydrogen) atoms. The molecule has 3 rings (SSSR count). The molecule has 0 unspecified atom stereocenters. The Morgan fingerprint density at radius 2 is 2.28 bits per heavy atom. The molecule has 1 amide bonds. The van der Waals surface area contributed by atoms with Crippen molar-refractivity contribution >= 4 is 40.6 Å². The highest BCUT2D eigenvalue weighted by molar-refractivity contribution is 6.33. The molecule has 0 aliphatic rings. The third kappa shape index (κ3) is 4.01. The molecule has 0 spiro atoms. The zero-order chi connectivity index (χ0) is 17.8. The van der Waals surface area contributed by atoms with Crippen molar-refractivity contribution in [3.05, 3.63) is 41.0 Å². The number of carbonyl (C=O) groups excluding carboxylic acids is 1. The number of aryl methyl sites for hydroxylation is 1. The smallest absolute Gasteiger partial charge is 0.246 e. The van der Waals surface area contributed by atoms with Crippen molar-refractivity contribution in [2.75, 3.05) is 18.4 Å². The van der Waals surface area contributed by atoms with Crippen molar-refractivity contribution in [1.82, 2.24) is 15.0 Å². The minimum atomic E-state index is -0.236. The molecule has 0 fully saturated rings. The summed E-state index contributed by atoms with van der Waals surface area (Å²) in [6.07, 6.45) is 3.25. The molecule has 0 aliphatic carbocycles. The monoisotopic (exact) mass is 356 g/mol.